The largest absolute Gasteiger partial charge is 0.129 e. The summed E-state index contributed by atoms with van der Waals surface area (Å²) in [6.45, 7) is 0. The predicted molar refractivity (Wildman–Crippen MR) is 97.7 cm³/mol. The van der Waals surface area contributed by atoms with Crippen molar-refractivity contribution >= 4 is 17.3 Å². The molecule has 0 spiro atoms. The first-order chi connectivity index (χ1) is 10.9. The van der Waals surface area contributed by atoms with Crippen molar-refractivity contribution in [1.82, 2.24) is 0 Å². The van der Waals surface area contributed by atoms with E-state index >= 15 is 0 Å². The van der Waals surface area contributed by atoms with E-state index in [2.05, 4.69) is 96.4 Å². The summed E-state index contributed by atoms with van der Waals surface area (Å²) < 4.78 is 0. The maximum absolute atomic E-state index is 2.28. The van der Waals surface area contributed by atoms with Crippen molar-refractivity contribution in [2.75, 3.05) is 0 Å². The third kappa shape index (κ3) is 3.90. The molecule has 0 saturated carbocycles. The standard InChI is InChI=1S/C21H18S/c1-4-10-18(11-5-1)16-22-17-21(19-12-6-2-7-13-19)20-14-8-3-9-15-20/h1-15,17H,16H2. The molecule has 0 bridgehead atoms. The number of benzene rings is 3. The third-order valence-electron chi connectivity index (χ3n) is 3.46. The third-order valence-corrected chi connectivity index (χ3v) is 4.37. The van der Waals surface area contributed by atoms with Crippen molar-refractivity contribution in [2.24, 2.45) is 0 Å². The topological polar surface area (TPSA) is 0 Å². The Balaban J connectivity index is 1.84. The van der Waals surface area contributed by atoms with Crippen molar-refractivity contribution in [3.63, 3.8) is 0 Å². The molecule has 0 heterocycles. The van der Waals surface area contributed by atoms with Gasteiger partial charge in [-0.15, -0.1) is 11.8 Å². The van der Waals surface area contributed by atoms with Gasteiger partial charge in [-0.2, -0.15) is 0 Å². The van der Waals surface area contributed by atoms with Gasteiger partial charge in [-0.1, -0.05) is 91.0 Å². The smallest absolute Gasteiger partial charge is 0.0226 e. The van der Waals surface area contributed by atoms with Crippen molar-refractivity contribution in [3.8, 4) is 0 Å². The first-order valence-corrected chi connectivity index (χ1v) is 8.45. The van der Waals surface area contributed by atoms with Crippen LogP contribution in [0.1, 0.15) is 16.7 Å². The fraction of sp³-hybridized carbons (Fsp3) is 0.0476. The van der Waals surface area contributed by atoms with Gasteiger partial charge in [-0.05, 0) is 27.7 Å². The Bertz CT molecular complexity index is 674. The Hall–Kier alpha value is -2.25. The molecule has 0 saturated heterocycles. The molecule has 3 aromatic rings. The zero-order valence-corrected chi connectivity index (χ0v) is 13.2. The molecule has 108 valence electrons. The molecule has 3 aromatic carbocycles. The van der Waals surface area contributed by atoms with E-state index < -0.39 is 0 Å². The summed E-state index contributed by atoms with van der Waals surface area (Å²) in [6.07, 6.45) is 0. The highest BCUT2D eigenvalue weighted by molar-refractivity contribution is 8.01. The monoisotopic (exact) mass is 302 g/mol. The summed E-state index contributed by atoms with van der Waals surface area (Å²) >= 11 is 1.84. The second-order valence-electron chi connectivity index (χ2n) is 5.06. The van der Waals surface area contributed by atoms with E-state index in [-0.39, 0.29) is 0 Å². The molecule has 0 radical (unpaired) electrons. The second kappa shape index (κ2) is 7.67. The Morgan fingerprint density at radius 2 is 1.09 bits per heavy atom. The number of thioether (sulfide) groups is 1. The Labute approximate surface area is 136 Å². The van der Waals surface area contributed by atoms with Crippen LogP contribution in [0.25, 0.3) is 5.57 Å². The van der Waals surface area contributed by atoms with E-state index in [4.69, 9.17) is 0 Å². The Kier molecular flexibility index (Phi) is 5.12. The number of hydrogen-bond donors (Lipinski definition) is 0. The van der Waals surface area contributed by atoms with Crippen molar-refractivity contribution in [2.45, 2.75) is 5.75 Å². The van der Waals surface area contributed by atoms with Crippen LogP contribution in [0.4, 0.5) is 0 Å². The van der Waals surface area contributed by atoms with Gasteiger partial charge >= 0.3 is 0 Å². The summed E-state index contributed by atoms with van der Waals surface area (Å²) in [7, 11) is 0. The van der Waals surface area contributed by atoms with Crippen LogP contribution in [0.2, 0.25) is 0 Å². The van der Waals surface area contributed by atoms with E-state index in [9.17, 15) is 0 Å². The average Bonchev–Trinajstić information content (AvgIpc) is 2.61. The molecule has 0 N–H and O–H groups in total. The predicted octanol–water partition coefficient (Wildman–Crippen LogP) is 6.01. The lowest BCUT2D eigenvalue weighted by atomic mass is 10.00. The molecular formula is C21H18S. The summed E-state index contributed by atoms with van der Waals surface area (Å²) in [5.74, 6) is 0.990. The van der Waals surface area contributed by atoms with Gasteiger partial charge in [0, 0.05) is 5.75 Å². The molecule has 0 amide bonds. The fourth-order valence-electron chi connectivity index (χ4n) is 2.33. The molecule has 0 fully saturated rings. The zero-order valence-electron chi connectivity index (χ0n) is 12.4. The van der Waals surface area contributed by atoms with Crippen LogP contribution in [0.15, 0.2) is 96.4 Å². The molecule has 1 heteroatoms. The molecule has 0 aliphatic carbocycles. The summed E-state index contributed by atoms with van der Waals surface area (Å²) in [5.41, 5.74) is 5.15. The van der Waals surface area contributed by atoms with E-state index in [1.54, 1.807) is 0 Å². The molecule has 22 heavy (non-hydrogen) atoms. The quantitative estimate of drug-likeness (QED) is 0.556. The van der Waals surface area contributed by atoms with Gasteiger partial charge in [0.25, 0.3) is 0 Å². The van der Waals surface area contributed by atoms with Crippen LogP contribution in [0.5, 0.6) is 0 Å². The molecule has 0 atom stereocenters. The summed E-state index contributed by atoms with van der Waals surface area (Å²) in [6, 6.07) is 31.7. The highest BCUT2D eigenvalue weighted by Crippen LogP contribution is 2.27. The minimum Gasteiger partial charge on any atom is -0.129 e. The van der Waals surface area contributed by atoms with Gasteiger partial charge in [-0.3, -0.25) is 0 Å². The van der Waals surface area contributed by atoms with E-state index in [0.717, 1.165) is 5.75 Å². The van der Waals surface area contributed by atoms with Crippen LogP contribution in [-0.2, 0) is 5.75 Å². The van der Waals surface area contributed by atoms with Gasteiger partial charge < -0.3 is 0 Å². The average molecular weight is 302 g/mol. The van der Waals surface area contributed by atoms with Crippen LogP contribution in [0.3, 0.4) is 0 Å². The second-order valence-corrected chi connectivity index (χ2v) is 5.92. The lowest BCUT2D eigenvalue weighted by Crippen LogP contribution is -1.87. The molecule has 3 rings (SSSR count). The number of rotatable bonds is 5. The van der Waals surface area contributed by atoms with E-state index in [1.165, 1.54) is 22.3 Å². The fourth-order valence-corrected chi connectivity index (χ4v) is 3.24. The van der Waals surface area contributed by atoms with Gasteiger partial charge in [0.15, 0.2) is 0 Å². The lowest BCUT2D eigenvalue weighted by molar-refractivity contribution is 1.42. The molecule has 0 aliphatic heterocycles. The molecule has 0 aromatic heterocycles. The van der Waals surface area contributed by atoms with Gasteiger partial charge in [-0.25, -0.2) is 0 Å². The Morgan fingerprint density at radius 3 is 1.59 bits per heavy atom. The Morgan fingerprint density at radius 1 is 0.636 bits per heavy atom. The molecule has 0 aliphatic rings. The molecular weight excluding hydrogens is 284 g/mol. The highest BCUT2D eigenvalue weighted by Gasteiger charge is 2.04. The highest BCUT2D eigenvalue weighted by atomic mass is 32.2. The summed E-state index contributed by atoms with van der Waals surface area (Å²) in [5, 5.41) is 2.28. The van der Waals surface area contributed by atoms with Crippen LogP contribution < -0.4 is 0 Å². The molecule has 0 unspecified atom stereocenters. The normalized spacial score (nSPS) is 10.2. The van der Waals surface area contributed by atoms with Gasteiger partial charge in [0.1, 0.15) is 0 Å². The van der Waals surface area contributed by atoms with Crippen LogP contribution >= 0.6 is 11.8 Å². The minimum atomic E-state index is 0.990. The first-order valence-electron chi connectivity index (χ1n) is 7.40. The van der Waals surface area contributed by atoms with Crippen molar-refractivity contribution in [1.29, 1.82) is 0 Å². The van der Waals surface area contributed by atoms with Crippen molar-refractivity contribution in [3.05, 3.63) is 113 Å². The maximum atomic E-state index is 2.28. The van der Waals surface area contributed by atoms with E-state index in [1.807, 2.05) is 11.8 Å². The lowest BCUT2D eigenvalue weighted by Gasteiger charge is -2.08. The van der Waals surface area contributed by atoms with E-state index in [0.29, 0.717) is 0 Å². The summed E-state index contributed by atoms with van der Waals surface area (Å²) in [4.78, 5) is 0. The number of hydrogen-bond acceptors (Lipinski definition) is 1. The van der Waals surface area contributed by atoms with Crippen molar-refractivity contribution < 1.29 is 0 Å². The first kappa shape index (κ1) is 14.7. The zero-order chi connectivity index (χ0) is 15.0. The van der Waals surface area contributed by atoms with Crippen LogP contribution in [0, 0.1) is 0 Å². The minimum absolute atomic E-state index is 0.990. The van der Waals surface area contributed by atoms with Gasteiger partial charge in [0.2, 0.25) is 0 Å². The maximum Gasteiger partial charge on any atom is 0.0226 e. The van der Waals surface area contributed by atoms with Crippen LogP contribution in [-0.4, -0.2) is 0 Å². The van der Waals surface area contributed by atoms with Gasteiger partial charge in [0.05, 0.1) is 0 Å². The molecule has 0 nitrogen and oxygen atoms in total. The SMILES string of the molecule is C(SCc1ccccc1)=C(c1ccccc1)c1ccccc1.